The predicted molar refractivity (Wildman–Crippen MR) is 127 cm³/mol. The van der Waals surface area contributed by atoms with Gasteiger partial charge in [0.2, 0.25) is 0 Å². The number of pyridine rings is 1. The van der Waals surface area contributed by atoms with Gasteiger partial charge >= 0.3 is 0 Å². The van der Waals surface area contributed by atoms with Crippen LogP contribution in [0.15, 0.2) is 36.0 Å². The number of carbonyl (C=O) groups excluding carboxylic acids is 1. The molecule has 0 spiro atoms. The standard InChI is InChI=1S/C26H31N3O4/c1-7-29-15-18(24(33-29)20-13-19(16(2)3)21(30)14-22(20)31)10-11-26(5,6)28-25(32)23-17(4)9-8-12-27-23/h8-9,12-14,16,30-31H,7,15H2,1-6H3,(H,28,32). The second kappa shape index (κ2) is 9.55. The monoisotopic (exact) mass is 449 g/mol. The number of hydroxylamine groups is 2. The summed E-state index contributed by atoms with van der Waals surface area (Å²) in [6.45, 7) is 12.4. The molecule has 0 bridgehead atoms. The van der Waals surface area contributed by atoms with Crippen molar-refractivity contribution < 1.29 is 19.8 Å². The zero-order chi connectivity index (χ0) is 24.3. The van der Waals surface area contributed by atoms with Gasteiger partial charge in [0.25, 0.3) is 5.91 Å². The van der Waals surface area contributed by atoms with Crippen LogP contribution in [-0.4, -0.2) is 44.8 Å². The first-order valence-corrected chi connectivity index (χ1v) is 11.0. The van der Waals surface area contributed by atoms with E-state index in [1.54, 1.807) is 23.4 Å². The summed E-state index contributed by atoms with van der Waals surface area (Å²) in [6, 6.07) is 6.69. The molecule has 2 heterocycles. The van der Waals surface area contributed by atoms with Crippen LogP contribution < -0.4 is 5.32 Å². The average molecular weight is 450 g/mol. The van der Waals surface area contributed by atoms with Gasteiger partial charge in [-0.15, -0.1) is 5.06 Å². The number of phenolic OH excluding ortho intramolecular Hbond substituents is 2. The highest BCUT2D eigenvalue weighted by Gasteiger charge is 2.28. The molecule has 0 atom stereocenters. The van der Waals surface area contributed by atoms with Crippen molar-refractivity contribution in [1.29, 1.82) is 0 Å². The van der Waals surface area contributed by atoms with Crippen molar-refractivity contribution in [2.75, 3.05) is 13.1 Å². The molecule has 0 aliphatic carbocycles. The van der Waals surface area contributed by atoms with Gasteiger partial charge in [0.05, 0.1) is 23.2 Å². The summed E-state index contributed by atoms with van der Waals surface area (Å²) in [6.07, 6.45) is 1.59. The summed E-state index contributed by atoms with van der Waals surface area (Å²) in [5, 5.41) is 25.4. The molecule has 2 aromatic rings. The van der Waals surface area contributed by atoms with Crippen LogP contribution in [0, 0.1) is 18.8 Å². The lowest BCUT2D eigenvalue weighted by Gasteiger charge is -2.20. The van der Waals surface area contributed by atoms with Crippen molar-refractivity contribution in [1.82, 2.24) is 15.4 Å². The van der Waals surface area contributed by atoms with Gasteiger partial charge in [-0.1, -0.05) is 31.8 Å². The van der Waals surface area contributed by atoms with E-state index in [1.807, 2.05) is 47.6 Å². The van der Waals surface area contributed by atoms with Gasteiger partial charge in [0.1, 0.15) is 17.2 Å². The summed E-state index contributed by atoms with van der Waals surface area (Å²) in [7, 11) is 0. The lowest BCUT2D eigenvalue weighted by molar-refractivity contribution is -0.0563. The largest absolute Gasteiger partial charge is 0.508 e. The Hall–Kier alpha value is -3.50. The van der Waals surface area contributed by atoms with Crippen LogP contribution in [0.5, 0.6) is 11.5 Å². The molecule has 3 rings (SSSR count). The summed E-state index contributed by atoms with van der Waals surface area (Å²) in [4.78, 5) is 22.8. The van der Waals surface area contributed by atoms with Crippen molar-refractivity contribution in [3.63, 3.8) is 0 Å². The quantitative estimate of drug-likeness (QED) is 0.595. The van der Waals surface area contributed by atoms with Crippen LogP contribution in [0.1, 0.15) is 67.7 Å². The molecule has 1 aromatic heterocycles. The van der Waals surface area contributed by atoms with Crippen molar-refractivity contribution in [3.8, 4) is 23.3 Å². The maximum absolute atomic E-state index is 12.7. The molecular formula is C26H31N3O4. The van der Waals surface area contributed by atoms with E-state index in [0.717, 1.165) is 5.56 Å². The van der Waals surface area contributed by atoms with Crippen LogP contribution >= 0.6 is 0 Å². The molecule has 1 aliphatic heterocycles. The van der Waals surface area contributed by atoms with E-state index in [0.29, 0.717) is 41.2 Å². The molecule has 7 heteroatoms. The van der Waals surface area contributed by atoms with E-state index in [4.69, 9.17) is 4.84 Å². The number of carbonyl (C=O) groups is 1. The molecule has 3 N–H and O–H groups in total. The van der Waals surface area contributed by atoms with Crippen molar-refractivity contribution in [3.05, 3.63) is 58.4 Å². The Morgan fingerprint density at radius 1 is 1.30 bits per heavy atom. The Balaban J connectivity index is 1.95. The highest BCUT2D eigenvalue weighted by atomic mass is 16.7. The fourth-order valence-corrected chi connectivity index (χ4v) is 3.52. The number of aromatic nitrogens is 1. The maximum Gasteiger partial charge on any atom is 0.271 e. The minimum atomic E-state index is -0.834. The van der Waals surface area contributed by atoms with Gasteiger partial charge in [-0.05, 0) is 56.9 Å². The number of nitrogens with one attached hydrogen (secondary N) is 1. The van der Waals surface area contributed by atoms with Crippen molar-refractivity contribution in [2.24, 2.45) is 0 Å². The number of nitrogens with zero attached hydrogens (tertiary/aromatic N) is 2. The van der Waals surface area contributed by atoms with Gasteiger partial charge in [-0.3, -0.25) is 9.78 Å². The van der Waals surface area contributed by atoms with Crippen molar-refractivity contribution >= 4 is 11.7 Å². The summed E-state index contributed by atoms with van der Waals surface area (Å²) < 4.78 is 0. The lowest BCUT2D eigenvalue weighted by Crippen LogP contribution is -2.42. The normalized spacial score (nSPS) is 14.2. The molecule has 1 aliphatic rings. The van der Waals surface area contributed by atoms with Gasteiger partial charge < -0.3 is 20.4 Å². The third-order valence-corrected chi connectivity index (χ3v) is 5.37. The Labute approximate surface area is 195 Å². The molecule has 33 heavy (non-hydrogen) atoms. The fraction of sp³-hybridized carbons (Fsp3) is 0.385. The van der Waals surface area contributed by atoms with E-state index < -0.39 is 5.54 Å². The van der Waals surface area contributed by atoms with E-state index >= 15 is 0 Å². The molecule has 0 saturated carbocycles. The molecular weight excluding hydrogens is 418 g/mol. The minimum absolute atomic E-state index is 0.0403. The Morgan fingerprint density at radius 3 is 2.67 bits per heavy atom. The third kappa shape index (κ3) is 5.47. The number of hydrogen-bond donors (Lipinski definition) is 3. The molecule has 0 radical (unpaired) electrons. The number of aromatic hydroxyl groups is 2. The number of aryl methyl sites for hydroxylation is 1. The van der Waals surface area contributed by atoms with Crippen LogP contribution in [0.3, 0.4) is 0 Å². The first-order valence-electron chi connectivity index (χ1n) is 11.0. The summed E-state index contributed by atoms with van der Waals surface area (Å²) in [5.74, 6) is 6.46. The topological polar surface area (TPSA) is 94.9 Å². The number of rotatable bonds is 5. The van der Waals surface area contributed by atoms with Gasteiger partial charge in [-0.2, -0.15) is 0 Å². The highest BCUT2D eigenvalue weighted by Crippen LogP contribution is 2.39. The number of phenols is 2. The zero-order valence-electron chi connectivity index (χ0n) is 20.0. The minimum Gasteiger partial charge on any atom is -0.508 e. The van der Waals surface area contributed by atoms with Crippen LogP contribution in [0.25, 0.3) is 5.76 Å². The van der Waals surface area contributed by atoms with E-state index in [2.05, 4.69) is 22.1 Å². The SMILES string of the molecule is CCN1CC(C#CC(C)(C)NC(=O)c2ncccc2C)=C(c2cc(C(C)C)c(O)cc2O)O1. The molecule has 174 valence electrons. The van der Waals surface area contributed by atoms with Gasteiger partial charge in [0, 0.05) is 18.8 Å². The molecule has 0 unspecified atom stereocenters. The Bertz CT molecular complexity index is 1160. The molecule has 1 amide bonds. The summed E-state index contributed by atoms with van der Waals surface area (Å²) in [5.41, 5.74) is 2.18. The van der Waals surface area contributed by atoms with Gasteiger partial charge in [0.15, 0.2) is 5.76 Å². The number of benzene rings is 1. The Morgan fingerprint density at radius 2 is 2.03 bits per heavy atom. The van der Waals surface area contributed by atoms with Gasteiger partial charge in [-0.25, -0.2) is 0 Å². The third-order valence-electron chi connectivity index (χ3n) is 5.37. The fourth-order valence-electron chi connectivity index (χ4n) is 3.52. The molecule has 0 saturated heterocycles. The maximum atomic E-state index is 12.7. The first-order chi connectivity index (χ1) is 15.5. The van der Waals surface area contributed by atoms with E-state index in [1.165, 1.54) is 6.07 Å². The second-order valence-corrected chi connectivity index (χ2v) is 8.94. The Kier molecular flexibility index (Phi) is 6.99. The van der Waals surface area contributed by atoms with E-state index in [9.17, 15) is 15.0 Å². The number of amides is 1. The van der Waals surface area contributed by atoms with E-state index in [-0.39, 0.29) is 23.3 Å². The highest BCUT2D eigenvalue weighted by molar-refractivity contribution is 5.94. The van der Waals surface area contributed by atoms with Crippen LogP contribution in [0.4, 0.5) is 0 Å². The first kappa shape index (κ1) is 24.1. The predicted octanol–water partition coefficient (Wildman–Crippen LogP) is 4.11. The second-order valence-electron chi connectivity index (χ2n) is 8.94. The molecule has 7 nitrogen and oxygen atoms in total. The van der Waals surface area contributed by atoms with Crippen molar-refractivity contribution in [2.45, 2.75) is 53.0 Å². The van der Waals surface area contributed by atoms with Crippen LogP contribution in [0.2, 0.25) is 0 Å². The van der Waals surface area contributed by atoms with Crippen LogP contribution in [-0.2, 0) is 4.84 Å². The average Bonchev–Trinajstić information content (AvgIpc) is 3.15. The lowest BCUT2D eigenvalue weighted by atomic mass is 9.97. The molecule has 1 aromatic carbocycles. The zero-order valence-corrected chi connectivity index (χ0v) is 20.0. The summed E-state index contributed by atoms with van der Waals surface area (Å²) >= 11 is 0. The smallest absolute Gasteiger partial charge is 0.271 e. The number of hydrogen-bond acceptors (Lipinski definition) is 6. The number of likely N-dealkylation sites (N-methyl/N-ethyl adjacent to an activating group) is 1. The molecule has 0 fully saturated rings.